The molecule has 0 bridgehead atoms. The van der Waals surface area contributed by atoms with Crippen LogP contribution in [0.15, 0.2) is 61.1 Å². The minimum Gasteiger partial charge on any atom is -0.397 e. The van der Waals surface area contributed by atoms with Crippen molar-refractivity contribution in [3.8, 4) is 16.9 Å². The summed E-state index contributed by atoms with van der Waals surface area (Å²) >= 11 is 0. The SMILES string of the molecule is Nc1ccc(-c2cnn(-c3ccccc3)c2)nc1. The van der Waals surface area contributed by atoms with E-state index in [1.165, 1.54) is 0 Å². The molecule has 2 aromatic heterocycles. The molecule has 0 fully saturated rings. The molecule has 0 spiro atoms. The van der Waals surface area contributed by atoms with Crippen molar-refractivity contribution >= 4 is 5.69 Å². The lowest BCUT2D eigenvalue weighted by atomic mass is 10.2. The number of hydrogen-bond acceptors (Lipinski definition) is 3. The lowest BCUT2D eigenvalue weighted by Gasteiger charge is -1.99. The second-order valence-corrected chi connectivity index (χ2v) is 3.99. The van der Waals surface area contributed by atoms with E-state index in [0.29, 0.717) is 5.69 Å². The van der Waals surface area contributed by atoms with Gasteiger partial charge in [-0.05, 0) is 24.3 Å². The standard InChI is InChI=1S/C14H12N4/c15-12-6-7-14(16-9-12)11-8-17-18(10-11)13-4-2-1-3-5-13/h1-10H,15H2. The monoisotopic (exact) mass is 236 g/mol. The molecule has 0 aliphatic heterocycles. The lowest BCUT2D eigenvalue weighted by molar-refractivity contribution is 0.881. The smallest absolute Gasteiger partial charge is 0.0735 e. The zero-order valence-electron chi connectivity index (χ0n) is 9.69. The number of hydrogen-bond donors (Lipinski definition) is 1. The van der Waals surface area contributed by atoms with Gasteiger partial charge in [0.25, 0.3) is 0 Å². The molecule has 0 saturated heterocycles. The number of rotatable bonds is 2. The molecule has 4 nitrogen and oxygen atoms in total. The average Bonchev–Trinajstić information content (AvgIpc) is 2.90. The van der Waals surface area contributed by atoms with Gasteiger partial charge in [0.1, 0.15) is 0 Å². The van der Waals surface area contributed by atoms with Gasteiger partial charge in [0.15, 0.2) is 0 Å². The van der Waals surface area contributed by atoms with Crippen LogP contribution in [0, 0.1) is 0 Å². The van der Waals surface area contributed by atoms with Crippen molar-refractivity contribution in [2.45, 2.75) is 0 Å². The molecule has 4 heteroatoms. The topological polar surface area (TPSA) is 56.7 Å². The van der Waals surface area contributed by atoms with Crippen LogP contribution < -0.4 is 5.73 Å². The first-order chi connectivity index (χ1) is 8.83. The lowest BCUT2D eigenvalue weighted by Crippen LogP contribution is -1.92. The number of benzene rings is 1. The Morgan fingerprint density at radius 2 is 1.78 bits per heavy atom. The van der Waals surface area contributed by atoms with Gasteiger partial charge in [-0.15, -0.1) is 0 Å². The van der Waals surface area contributed by atoms with E-state index in [0.717, 1.165) is 16.9 Å². The first-order valence-corrected chi connectivity index (χ1v) is 5.65. The fourth-order valence-electron chi connectivity index (χ4n) is 1.75. The number of aromatic nitrogens is 3. The highest BCUT2D eigenvalue weighted by Gasteiger charge is 2.03. The Morgan fingerprint density at radius 1 is 0.944 bits per heavy atom. The second-order valence-electron chi connectivity index (χ2n) is 3.99. The van der Waals surface area contributed by atoms with E-state index in [9.17, 15) is 0 Å². The predicted molar refractivity (Wildman–Crippen MR) is 71.2 cm³/mol. The van der Waals surface area contributed by atoms with E-state index < -0.39 is 0 Å². The van der Waals surface area contributed by atoms with E-state index in [2.05, 4.69) is 10.1 Å². The number of nitrogens with zero attached hydrogens (tertiary/aromatic N) is 3. The van der Waals surface area contributed by atoms with Crippen LogP contribution in [-0.2, 0) is 0 Å². The van der Waals surface area contributed by atoms with Crippen LogP contribution in [0.5, 0.6) is 0 Å². The molecule has 3 rings (SSSR count). The molecule has 0 aliphatic rings. The van der Waals surface area contributed by atoms with Crippen LogP contribution >= 0.6 is 0 Å². The van der Waals surface area contributed by atoms with Crippen molar-refractivity contribution in [2.24, 2.45) is 0 Å². The normalized spacial score (nSPS) is 10.4. The van der Waals surface area contributed by atoms with Crippen LogP contribution in [-0.4, -0.2) is 14.8 Å². The number of nitrogen functional groups attached to an aromatic ring is 1. The maximum absolute atomic E-state index is 5.62. The second kappa shape index (κ2) is 4.33. The molecule has 3 aromatic rings. The molecule has 0 radical (unpaired) electrons. The highest BCUT2D eigenvalue weighted by atomic mass is 15.3. The van der Waals surface area contributed by atoms with Crippen molar-refractivity contribution in [1.29, 1.82) is 0 Å². The summed E-state index contributed by atoms with van der Waals surface area (Å²) < 4.78 is 1.83. The summed E-state index contributed by atoms with van der Waals surface area (Å²) in [6, 6.07) is 13.7. The van der Waals surface area contributed by atoms with E-state index in [1.807, 2.05) is 53.3 Å². The summed E-state index contributed by atoms with van der Waals surface area (Å²) in [5.74, 6) is 0. The quantitative estimate of drug-likeness (QED) is 0.743. The van der Waals surface area contributed by atoms with E-state index >= 15 is 0 Å². The van der Waals surface area contributed by atoms with Gasteiger partial charge >= 0.3 is 0 Å². The fraction of sp³-hybridized carbons (Fsp3) is 0. The Labute approximate surface area is 105 Å². The molecule has 0 aliphatic carbocycles. The van der Waals surface area contributed by atoms with Gasteiger partial charge in [0.2, 0.25) is 0 Å². The van der Waals surface area contributed by atoms with Gasteiger partial charge in [0.05, 0.1) is 29.5 Å². The van der Waals surface area contributed by atoms with Gasteiger partial charge in [-0.1, -0.05) is 18.2 Å². The minimum absolute atomic E-state index is 0.661. The largest absolute Gasteiger partial charge is 0.397 e. The number of nitrogens with two attached hydrogens (primary N) is 1. The molecule has 1 aromatic carbocycles. The number of pyridine rings is 1. The van der Waals surface area contributed by atoms with Crippen LogP contribution in [0.3, 0.4) is 0 Å². The molecule has 0 unspecified atom stereocenters. The molecule has 2 heterocycles. The molecule has 2 N–H and O–H groups in total. The van der Waals surface area contributed by atoms with Gasteiger partial charge in [0, 0.05) is 11.8 Å². The van der Waals surface area contributed by atoms with Crippen molar-refractivity contribution in [1.82, 2.24) is 14.8 Å². The molecule has 18 heavy (non-hydrogen) atoms. The maximum atomic E-state index is 5.62. The van der Waals surface area contributed by atoms with Crippen molar-refractivity contribution < 1.29 is 0 Å². The van der Waals surface area contributed by atoms with E-state index in [-0.39, 0.29) is 0 Å². The summed E-state index contributed by atoms with van der Waals surface area (Å²) in [5.41, 5.74) is 9.14. The van der Waals surface area contributed by atoms with E-state index in [4.69, 9.17) is 5.73 Å². The van der Waals surface area contributed by atoms with Gasteiger partial charge in [-0.25, -0.2) is 4.68 Å². The van der Waals surface area contributed by atoms with Gasteiger partial charge in [-0.3, -0.25) is 4.98 Å². The van der Waals surface area contributed by atoms with Crippen molar-refractivity contribution in [3.63, 3.8) is 0 Å². The zero-order valence-corrected chi connectivity index (χ0v) is 9.69. The van der Waals surface area contributed by atoms with Crippen LogP contribution in [0.1, 0.15) is 0 Å². The van der Waals surface area contributed by atoms with E-state index in [1.54, 1.807) is 12.4 Å². The Kier molecular flexibility index (Phi) is 2.53. The first kappa shape index (κ1) is 10.5. The highest BCUT2D eigenvalue weighted by molar-refractivity contribution is 5.59. The molecule has 0 saturated carbocycles. The van der Waals surface area contributed by atoms with Gasteiger partial charge in [-0.2, -0.15) is 5.10 Å². The maximum Gasteiger partial charge on any atom is 0.0735 e. The third-order valence-corrected chi connectivity index (χ3v) is 2.69. The molecule has 88 valence electrons. The number of para-hydroxylation sites is 1. The Hall–Kier alpha value is -2.62. The van der Waals surface area contributed by atoms with Crippen molar-refractivity contribution in [2.75, 3.05) is 5.73 Å². The molecular weight excluding hydrogens is 224 g/mol. The average molecular weight is 236 g/mol. The molecule has 0 atom stereocenters. The molecule has 0 amide bonds. The summed E-state index contributed by atoms with van der Waals surface area (Å²) in [6.45, 7) is 0. The summed E-state index contributed by atoms with van der Waals surface area (Å²) in [7, 11) is 0. The third-order valence-electron chi connectivity index (χ3n) is 2.69. The Bertz CT molecular complexity index is 641. The predicted octanol–water partition coefficient (Wildman–Crippen LogP) is 2.52. The summed E-state index contributed by atoms with van der Waals surface area (Å²) in [4.78, 5) is 4.28. The summed E-state index contributed by atoms with van der Waals surface area (Å²) in [6.07, 6.45) is 5.40. The van der Waals surface area contributed by atoms with Crippen LogP contribution in [0.4, 0.5) is 5.69 Å². The summed E-state index contributed by atoms with van der Waals surface area (Å²) in [5, 5.41) is 4.33. The van der Waals surface area contributed by atoms with Crippen molar-refractivity contribution in [3.05, 3.63) is 61.1 Å². The highest BCUT2D eigenvalue weighted by Crippen LogP contribution is 2.18. The Morgan fingerprint density at radius 3 is 2.50 bits per heavy atom. The Balaban J connectivity index is 1.97. The number of anilines is 1. The first-order valence-electron chi connectivity index (χ1n) is 5.65. The molecular formula is C14H12N4. The zero-order chi connectivity index (χ0) is 12.4. The third kappa shape index (κ3) is 1.96. The fourth-order valence-corrected chi connectivity index (χ4v) is 1.75. The van der Waals surface area contributed by atoms with Crippen LogP contribution in [0.25, 0.3) is 16.9 Å². The minimum atomic E-state index is 0.661. The van der Waals surface area contributed by atoms with Crippen LogP contribution in [0.2, 0.25) is 0 Å². The van der Waals surface area contributed by atoms with Gasteiger partial charge < -0.3 is 5.73 Å².